The molecule has 4 atom stereocenters. The molecular formula is C11H15N5O7P+. The average Bonchev–Trinajstić information content (AvgIpc) is 2.82. The predicted octanol–water partition coefficient (Wildman–Crippen LogP) is -0.881. The maximum Gasteiger partial charge on any atom is 0.469 e. The van der Waals surface area contributed by atoms with Crippen LogP contribution in [-0.4, -0.2) is 45.7 Å². The molecule has 13 heteroatoms. The van der Waals surface area contributed by atoms with Gasteiger partial charge >= 0.3 is 7.82 Å². The van der Waals surface area contributed by atoms with Crippen LogP contribution >= 0.6 is 7.82 Å². The van der Waals surface area contributed by atoms with Crippen molar-refractivity contribution in [3.05, 3.63) is 40.5 Å². The number of aromatic nitrogens is 1. The lowest BCUT2D eigenvalue weighted by Crippen LogP contribution is -2.46. The van der Waals surface area contributed by atoms with E-state index in [0.717, 1.165) is 0 Å². The van der Waals surface area contributed by atoms with Crippen molar-refractivity contribution in [1.82, 2.24) is 0 Å². The van der Waals surface area contributed by atoms with E-state index >= 15 is 0 Å². The molecule has 1 amide bonds. The van der Waals surface area contributed by atoms with Crippen molar-refractivity contribution in [2.45, 2.75) is 24.5 Å². The summed E-state index contributed by atoms with van der Waals surface area (Å²) in [4.78, 5) is 31.3. The van der Waals surface area contributed by atoms with E-state index in [2.05, 4.69) is 14.5 Å². The van der Waals surface area contributed by atoms with E-state index in [4.69, 9.17) is 25.8 Å². The maximum absolute atomic E-state index is 11.2. The number of phosphoric ester groups is 1. The summed E-state index contributed by atoms with van der Waals surface area (Å²) < 4.78 is 22.0. The fourth-order valence-electron chi connectivity index (χ4n) is 2.28. The first kappa shape index (κ1) is 18.3. The Bertz CT molecular complexity index is 718. The number of carbonyl (C=O) groups is 1. The Hall–Kier alpha value is -2.04. The average molecular weight is 360 g/mol. The van der Waals surface area contributed by atoms with Gasteiger partial charge in [0.25, 0.3) is 12.1 Å². The van der Waals surface area contributed by atoms with Crippen LogP contribution in [0.1, 0.15) is 16.6 Å². The molecule has 5 N–H and O–H groups in total. The van der Waals surface area contributed by atoms with E-state index < -0.39 is 44.8 Å². The van der Waals surface area contributed by atoms with Crippen LogP contribution in [0.4, 0.5) is 0 Å². The van der Waals surface area contributed by atoms with Gasteiger partial charge in [-0.3, -0.25) is 9.32 Å². The highest BCUT2D eigenvalue weighted by Crippen LogP contribution is 2.38. The van der Waals surface area contributed by atoms with E-state index in [-0.39, 0.29) is 5.56 Å². The fourth-order valence-corrected chi connectivity index (χ4v) is 2.62. The second kappa shape index (κ2) is 7.24. The Morgan fingerprint density at radius 3 is 2.88 bits per heavy atom. The first-order valence-electron chi connectivity index (χ1n) is 6.61. The quantitative estimate of drug-likeness (QED) is 0.166. The molecule has 0 aromatic carbocycles. The second-order valence-corrected chi connectivity index (χ2v) is 6.18. The molecule has 1 saturated heterocycles. The number of hydrogen-bond donors (Lipinski definition) is 4. The lowest BCUT2D eigenvalue weighted by atomic mass is 10.1. The zero-order valence-corrected chi connectivity index (χ0v) is 13.0. The molecule has 12 nitrogen and oxygen atoms in total. The highest BCUT2D eigenvalue weighted by atomic mass is 31.2. The van der Waals surface area contributed by atoms with Gasteiger partial charge in [0.05, 0.1) is 12.7 Å². The molecule has 24 heavy (non-hydrogen) atoms. The third-order valence-corrected chi connectivity index (χ3v) is 3.82. The van der Waals surface area contributed by atoms with Gasteiger partial charge in [-0.1, -0.05) is 5.11 Å². The van der Waals surface area contributed by atoms with Gasteiger partial charge in [0.15, 0.2) is 18.5 Å². The Morgan fingerprint density at radius 1 is 1.58 bits per heavy atom. The molecule has 0 bridgehead atoms. The minimum absolute atomic E-state index is 0.156. The van der Waals surface area contributed by atoms with Crippen LogP contribution in [0.2, 0.25) is 0 Å². The molecule has 1 aliphatic rings. The predicted molar refractivity (Wildman–Crippen MR) is 76.0 cm³/mol. The summed E-state index contributed by atoms with van der Waals surface area (Å²) in [6.45, 7) is -0.600. The Kier molecular flexibility index (Phi) is 5.52. The van der Waals surface area contributed by atoms with Gasteiger partial charge in [0.1, 0.15) is 11.6 Å². The molecule has 0 saturated carbocycles. The third-order valence-electron chi connectivity index (χ3n) is 3.33. The third kappa shape index (κ3) is 4.28. The van der Waals surface area contributed by atoms with Crippen LogP contribution in [0.25, 0.3) is 10.4 Å². The van der Waals surface area contributed by atoms with Gasteiger partial charge in [-0.25, -0.2) is 4.57 Å². The van der Waals surface area contributed by atoms with Gasteiger partial charge in [0.2, 0.25) is 0 Å². The number of nitrogens with zero attached hydrogens (tertiary/aromatic N) is 4. The normalized spacial score (nSPS) is 26.8. The van der Waals surface area contributed by atoms with Gasteiger partial charge in [-0.15, -0.1) is 0 Å². The summed E-state index contributed by atoms with van der Waals surface area (Å²) in [5.74, 6) is -0.690. The minimum Gasteiger partial charge on any atom is -0.383 e. The zero-order valence-electron chi connectivity index (χ0n) is 12.1. The van der Waals surface area contributed by atoms with Crippen molar-refractivity contribution in [3.8, 4) is 0 Å². The number of nitrogens with two attached hydrogens (primary N) is 1. The smallest absolute Gasteiger partial charge is 0.383 e. The fraction of sp³-hybridized carbons (Fsp3) is 0.455. The number of phosphoric acid groups is 1. The highest BCUT2D eigenvalue weighted by molar-refractivity contribution is 7.46. The SMILES string of the molecule is [N-]=[N+]=N[C@H]1[C@@H](O)[C@H]([n+]2cccc(C(N)=O)c2)O[C@@H]1COP(=O)(O)O. The largest absolute Gasteiger partial charge is 0.469 e. The van der Waals surface area contributed by atoms with Crippen molar-refractivity contribution in [2.24, 2.45) is 10.8 Å². The number of aliphatic hydroxyl groups excluding tert-OH is 1. The standard InChI is InChI=1S/C11H14N5O7P/c12-10(18)6-2-1-3-16(4-6)11-9(17)8(14-15-13)7(23-11)5-22-24(19,20)21/h1-4,7-9,11,17H,5H2,(H3-,12,18,19,20,21)/p+1/t7-,8-,9-,11-/m1/s1. The van der Waals surface area contributed by atoms with Crippen LogP contribution in [0.5, 0.6) is 0 Å². The lowest BCUT2D eigenvalue weighted by molar-refractivity contribution is -0.765. The number of pyridine rings is 1. The Morgan fingerprint density at radius 2 is 2.29 bits per heavy atom. The molecule has 1 fully saturated rings. The first-order valence-corrected chi connectivity index (χ1v) is 8.14. The highest BCUT2D eigenvalue weighted by Gasteiger charge is 2.49. The van der Waals surface area contributed by atoms with Crippen molar-refractivity contribution >= 4 is 13.7 Å². The number of carbonyl (C=O) groups excluding carboxylic acids is 1. The van der Waals surface area contributed by atoms with Crippen LogP contribution in [-0.2, 0) is 13.8 Å². The summed E-state index contributed by atoms with van der Waals surface area (Å²) in [5, 5.41) is 13.7. The summed E-state index contributed by atoms with van der Waals surface area (Å²) in [7, 11) is -4.76. The lowest BCUT2D eigenvalue weighted by Gasteiger charge is -2.14. The van der Waals surface area contributed by atoms with Crippen LogP contribution in [0.15, 0.2) is 29.6 Å². The van der Waals surface area contributed by atoms with Gasteiger partial charge in [0, 0.05) is 11.0 Å². The molecule has 1 aromatic heterocycles. The minimum atomic E-state index is -4.76. The zero-order chi connectivity index (χ0) is 17.9. The molecule has 2 heterocycles. The number of hydrogen-bond acceptors (Lipinski definition) is 6. The molecule has 0 spiro atoms. The number of azide groups is 1. The van der Waals surface area contributed by atoms with E-state index in [0.29, 0.717) is 0 Å². The summed E-state index contributed by atoms with van der Waals surface area (Å²) >= 11 is 0. The first-order chi connectivity index (χ1) is 11.2. The van der Waals surface area contributed by atoms with E-state index in [1.54, 1.807) is 0 Å². The second-order valence-electron chi connectivity index (χ2n) is 4.94. The number of aliphatic hydroxyl groups is 1. The van der Waals surface area contributed by atoms with E-state index in [1.165, 1.54) is 29.1 Å². The summed E-state index contributed by atoms with van der Waals surface area (Å²) in [5.41, 5.74) is 13.9. The monoisotopic (exact) mass is 360 g/mol. The van der Waals surface area contributed by atoms with Crippen molar-refractivity contribution in [1.29, 1.82) is 0 Å². The summed E-state index contributed by atoms with van der Waals surface area (Å²) in [6.07, 6.45) is -0.683. The van der Waals surface area contributed by atoms with Crippen LogP contribution in [0.3, 0.4) is 0 Å². The van der Waals surface area contributed by atoms with E-state index in [1.807, 2.05) is 0 Å². The number of ether oxygens (including phenoxy) is 1. The molecule has 0 aliphatic carbocycles. The Labute approximate surface area is 135 Å². The molecular weight excluding hydrogens is 345 g/mol. The van der Waals surface area contributed by atoms with Gasteiger partial charge < -0.3 is 25.4 Å². The van der Waals surface area contributed by atoms with Crippen molar-refractivity contribution < 1.29 is 38.1 Å². The molecule has 130 valence electrons. The summed E-state index contributed by atoms with van der Waals surface area (Å²) in [6, 6.07) is 1.81. The molecule has 1 aliphatic heterocycles. The number of amides is 1. The maximum atomic E-state index is 11.2. The number of rotatable bonds is 6. The molecule has 1 aromatic rings. The van der Waals surface area contributed by atoms with Crippen molar-refractivity contribution in [3.63, 3.8) is 0 Å². The van der Waals surface area contributed by atoms with Crippen LogP contribution < -0.4 is 10.3 Å². The topological polar surface area (TPSA) is 192 Å². The van der Waals surface area contributed by atoms with Crippen LogP contribution in [0, 0.1) is 0 Å². The van der Waals surface area contributed by atoms with Gasteiger partial charge in [-0.05, 0) is 11.6 Å². The Balaban J connectivity index is 2.25. The molecule has 0 radical (unpaired) electrons. The molecule has 2 rings (SSSR count). The number of primary amides is 1. The van der Waals surface area contributed by atoms with Crippen molar-refractivity contribution in [2.75, 3.05) is 6.61 Å². The van der Waals surface area contributed by atoms with Gasteiger partial charge in [-0.2, -0.15) is 4.57 Å². The molecule has 0 unspecified atom stereocenters. The van der Waals surface area contributed by atoms with E-state index in [9.17, 15) is 14.5 Å².